The number of carbonyl (C=O) groups is 1. The van der Waals surface area contributed by atoms with Crippen molar-refractivity contribution in [2.24, 2.45) is 0 Å². The van der Waals surface area contributed by atoms with Crippen LogP contribution < -0.4 is 0 Å². The average molecular weight is 266 g/mol. The molecular weight excluding hydrogens is 244 g/mol. The molecule has 4 nitrogen and oxygen atoms in total. The van der Waals surface area contributed by atoms with Crippen LogP contribution in [0.4, 0.5) is 0 Å². The van der Waals surface area contributed by atoms with Gasteiger partial charge in [-0.25, -0.2) is 4.79 Å². The zero-order valence-electron chi connectivity index (χ0n) is 11.4. The maximum Gasteiger partial charge on any atom is 0.339 e. The van der Waals surface area contributed by atoms with Gasteiger partial charge in [0.15, 0.2) is 11.5 Å². The third-order valence-corrected chi connectivity index (χ3v) is 3.26. The van der Waals surface area contributed by atoms with E-state index in [2.05, 4.69) is 6.92 Å². The summed E-state index contributed by atoms with van der Waals surface area (Å²) in [6.45, 7) is 2.17. The van der Waals surface area contributed by atoms with Crippen molar-refractivity contribution >= 4 is 5.97 Å². The van der Waals surface area contributed by atoms with Crippen LogP contribution in [0.25, 0.3) is 0 Å². The minimum absolute atomic E-state index is 0.173. The van der Waals surface area contributed by atoms with Crippen LogP contribution in [0.5, 0.6) is 11.5 Å². The Balaban J connectivity index is 2.58. The van der Waals surface area contributed by atoms with Crippen molar-refractivity contribution in [2.45, 2.75) is 51.9 Å². The molecule has 4 heteroatoms. The molecule has 19 heavy (non-hydrogen) atoms. The quantitative estimate of drug-likeness (QED) is 0.495. The summed E-state index contributed by atoms with van der Waals surface area (Å²) < 4.78 is 0. The zero-order valence-corrected chi connectivity index (χ0v) is 11.4. The Kier molecular flexibility index (Phi) is 6.19. The van der Waals surface area contributed by atoms with E-state index in [-0.39, 0.29) is 11.3 Å². The second-order valence-corrected chi connectivity index (χ2v) is 4.79. The fraction of sp³-hybridized carbons (Fsp3) is 0.533. The van der Waals surface area contributed by atoms with E-state index in [1.807, 2.05) is 0 Å². The molecule has 106 valence electrons. The van der Waals surface area contributed by atoms with Gasteiger partial charge >= 0.3 is 5.97 Å². The maximum atomic E-state index is 11.1. The number of aryl methyl sites for hydroxylation is 1. The van der Waals surface area contributed by atoms with Crippen molar-refractivity contribution in [1.29, 1.82) is 0 Å². The number of aromatic carboxylic acids is 1. The molecule has 1 aromatic rings. The third-order valence-electron chi connectivity index (χ3n) is 3.26. The Morgan fingerprint density at radius 1 is 1.05 bits per heavy atom. The fourth-order valence-electron chi connectivity index (χ4n) is 2.16. The van der Waals surface area contributed by atoms with Crippen LogP contribution in [0.15, 0.2) is 12.1 Å². The lowest BCUT2D eigenvalue weighted by molar-refractivity contribution is 0.0691. The number of carboxylic acid groups (broad SMARTS) is 1. The van der Waals surface area contributed by atoms with Gasteiger partial charge in [0.2, 0.25) is 0 Å². The van der Waals surface area contributed by atoms with Gasteiger partial charge in [-0.3, -0.25) is 0 Å². The molecule has 0 aliphatic rings. The Morgan fingerprint density at radius 3 is 2.32 bits per heavy atom. The van der Waals surface area contributed by atoms with Crippen LogP contribution in [0.1, 0.15) is 61.4 Å². The predicted molar refractivity (Wildman–Crippen MR) is 73.8 cm³/mol. The first-order valence-corrected chi connectivity index (χ1v) is 6.85. The Hall–Kier alpha value is -1.71. The summed E-state index contributed by atoms with van der Waals surface area (Å²) in [5.41, 5.74) is 0.409. The number of rotatable bonds is 8. The van der Waals surface area contributed by atoms with Crippen molar-refractivity contribution in [3.63, 3.8) is 0 Å². The van der Waals surface area contributed by atoms with E-state index >= 15 is 0 Å². The number of benzene rings is 1. The van der Waals surface area contributed by atoms with Crippen LogP contribution in [-0.4, -0.2) is 21.3 Å². The first-order chi connectivity index (χ1) is 9.07. The lowest BCUT2D eigenvalue weighted by atomic mass is 9.99. The molecule has 0 saturated carbocycles. The SMILES string of the molecule is CCCCCCCCc1ccc(O)c(O)c1C(=O)O. The Bertz CT molecular complexity index is 426. The van der Waals surface area contributed by atoms with E-state index in [9.17, 15) is 15.0 Å². The molecule has 0 heterocycles. The fourth-order valence-corrected chi connectivity index (χ4v) is 2.16. The first kappa shape index (κ1) is 15.3. The summed E-state index contributed by atoms with van der Waals surface area (Å²) in [5, 5.41) is 28.0. The van der Waals surface area contributed by atoms with E-state index in [1.165, 1.54) is 25.3 Å². The summed E-state index contributed by atoms with van der Waals surface area (Å²) in [5.74, 6) is -2.12. The van der Waals surface area contributed by atoms with Gasteiger partial charge in [0.05, 0.1) is 0 Å². The Labute approximate surface area is 113 Å². The number of unbranched alkanes of at least 4 members (excludes halogenated alkanes) is 5. The van der Waals surface area contributed by atoms with Gasteiger partial charge in [-0.2, -0.15) is 0 Å². The molecule has 0 unspecified atom stereocenters. The molecule has 0 radical (unpaired) electrons. The highest BCUT2D eigenvalue weighted by Crippen LogP contribution is 2.32. The highest BCUT2D eigenvalue weighted by molar-refractivity contribution is 5.93. The molecule has 0 aliphatic heterocycles. The lowest BCUT2D eigenvalue weighted by Gasteiger charge is -2.09. The number of hydrogen-bond donors (Lipinski definition) is 3. The molecular formula is C15H22O4. The molecule has 0 aromatic heterocycles. The van der Waals surface area contributed by atoms with E-state index in [0.717, 1.165) is 19.3 Å². The van der Waals surface area contributed by atoms with Crippen LogP contribution in [-0.2, 0) is 6.42 Å². The maximum absolute atomic E-state index is 11.1. The lowest BCUT2D eigenvalue weighted by Crippen LogP contribution is -2.03. The molecule has 0 amide bonds. The predicted octanol–water partition coefficient (Wildman–Crippen LogP) is 3.70. The largest absolute Gasteiger partial charge is 0.504 e. The van der Waals surface area contributed by atoms with Gasteiger partial charge in [0, 0.05) is 0 Å². The van der Waals surface area contributed by atoms with Crippen molar-refractivity contribution in [1.82, 2.24) is 0 Å². The highest BCUT2D eigenvalue weighted by atomic mass is 16.4. The minimum Gasteiger partial charge on any atom is -0.504 e. The summed E-state index contributed by atoms with van der Waals surface area (Å²) in [6, 6.07) is 2.92. The summed E-state index contributed by atoms with van der Waals surface area (Å²) >= 11 is 0. The average Bonchev–Trinajstić information content (AvgIpc) is 2.37. The topological polar surface area (TPSA) is 77.8 Å². The second-order valence-electron chi connectivity index (χ2n) is 4.79. The van der Waals surface area contributed by atoms with E-state index in [1.54, 1.807) is 6.07 Å². The van der Waals surface area contributed by atoms with Crippen LogP contribution in [0.3, 0.4) is 0 Å². The van der Waals surface area contributed by atoms with E-state index < -0.39 is 11.7 Å². The van der Waals surface area contributed by atoms with E-state index in [0.29, 0.717) is 12.0 Å². The third kappa shape index (κ3) is 4.47. The van der Waals surface area contributed by atoms with Crippen LogP contribution in [0.2, 0.25) is 0 Å². The number of phenols is 2. The summed E-state index contributed by atoms with van der Waals surface area (Å²) in [6.07, 6.45) is 7.37. The first-order valence-electron chi connectivity index (χ1n) is 6.85. The number of aromatic hydroxyl groups is 2. The van der Waals surface area contributed by atoms with Gasteiger partial charge in [-0.05, 0) is 24.5 Å². The molecule has 0 atom stereocenters. The normalized spacial score (nSPS) is 10.6. The summed E-state index contributed by atoms with van der Waals surface area (Å²) in [4.78, 5) is 11.1. The molecule has 1 aromatic carbocycles. The van der Waals surface area contributed by atoms with Crippen molar-refractivity contribution in [2.75, 3.05) is 0 Å². The van der Waals surface area contributed by atoms with Gasteiger partial charge in [0.25, 0.3) is 0 Å². The molecule has 3 N–H and O–H groups in total. The standard InChI is InChI=1S/C15H22O4/c1-2-3-4-5-6-7-8-11-9-10-12(16)14(17)13(11)15(18)19/h9-10,16-17H,2-8H2,1H3,(H,18,19). The molecule has 0 spiro atoms. The van der Waals surface area contributed by atoms with Gasteiger partial charge in [-0.15, -0.1) is 0 Å². The van der Waals surface area contributed by atoms with Crippen molar-refractivity contribution < 1.29 is 20.1 Å². The Morgan fingerprint density at radius 2 is 1.68 bits per heavy atom. The van der Waals surface area contributed by atoms with Gasteiger partial charge in [-0.1, -0.05) is 45.1 Å². The van der Waals surface area contributed by atoms with Crippen LogP contribution >= 0.6 is 0 Å². The molecule has 0 saturated heterocycles. The molecule has 0 aliphatic carbocycles. The molecule has 0 bridgehead atoms. The van der Waals surface area contributed by atoms with Crippen molar-refractivity contribution in [3.05, 3.63) is 23.3 Å². The number of carboxylic acids is 1. The monoisotopic (exact) mass is 266 g/mol. The molecule has 1 rings (SSSR count). The highest BCUT2D eigenvalue weighted by Gasteiger charge is 2.18. The minimum atomic E-state index is -1.20. The van der Waals surface area contributed by atoms with E-state index in [4.69, 9.17) is 5.11 Å². The zero-order chi connectivity index (χ0) is 14.3. The summed E-state index contributed by atoms with van der Waals surface area (Å²) in [7, 11) is 0. The number of hydrogen-bond acceptors (Lipinski definition) is 3. The van der Waals surface area contributed by atoms with Gasteiger partial charge in [0.1, 0.15) is 5.56 Å². The number of phenolic OH excluding ortho intramolecular Hbond substituents is 1. The second kappa shape index (κ2) is 7.67. The van der Waals surface area contributed by atoms with Crippen molar-refractivity contribution in [3.8, 4) is 11.5 Å². The smallest absolute Gasteiger partial charge is 0.339 e. The van der Waals surface area contributed by atoms with Gasteiger partial charge < -0.3 is 15.3 Å². The molecule has 0 fully saturated rings. The van der Waals surface area contributed by atoms with Crippen LogP contribution in [0, 0.1) is 0 Å².